The van der Waals surface area contributed by atoms with Crippen LogP contribution in [0.15, 0.2) is 42.6 Å². The van der Waals surface area contributed by atoms with Crippen molar-refractivity contribution in [2.24, 2.45) is 0 Å². The highest BCUT2D eigenvalue weighted by Gasteiger charge is 2.17. The molecule has 1 aliphatic rings. The third-order valence-corrected chi connectivity index (χ3v) is 3.89. The number of carbonyl (C=O) groups is 1. The van der Waals surface area contributed by atoms with Crippen LogP contribution in [0.2, 0.25) is 0 Å². The Morgan fingerprint density at radius 1 is 0.952 bits per heavy atom. The molecule has 0 saturated carbocycles. The number of carbonyl (C=O) groups excluding carboxylic acids is 1. The molecule has 3 rings (SSSR count). The highest BCUT2D eigenvalue weighted by Crippen LogP contribution is 2.21. The van der Waals surface area contributed by atoms with Gasteiger partial charge in [-0.2, -0.15) is 0 Å². The molecule has 1 fully saturated rings. The third-order valence-electron chi connectivity index (χ3n) is 3.89. The summed E-state index contributed by atoms with van der Waals surface area (Å²) in [6.45, 7) is 1.75. The molecule has 108 valence electrons. The van der Waals surface area contributed by atoms with Gasteiger partial charge in [-0.05, 0) is 49.1 Å². The number of nitrogens with two attached hydrogens (primary N) is 1. The van der Waals surface area contributed by atoms with Gasteiger partial charge in [0, 0.05) is 30.4 Å². The fraction of sp³-hybridized carbons (Fsp3) is 0.294. The van der Waals surface area contributed by atoms with Crippen molar-refractivity contribution in [1.82, 2.24) is 9.88 Å². The highest BCUT2D eigenvalue weighted by atomic mass is 16.2. The molecule has 0 spiro atoms. The Balaban J connectivity index is 1.77. The molecule has 2 N–H and O–H groups in total. The molecule has 1 saturated heterocycles. The smallest absolute Gasteiger partial charge is 0.253 e. The van der Waals surface area contributed by atoms with E-state index in [1.165, 1.54) is 6.42 Å². The minimum Gasteiger partial charge on any atom is -0.384 e. The number of likely N-dealkylation sites (tertiary alicyclic amines) is 1. The van der Waals surface area contributed by atoms with Gasteiger partial charge in [0.15, 0.2) is 0 Å². The molecule has 4 nitrogen and oxygen atoms in total. The van der Waals surface area contributed by atoms with Gasteiger partial charge in [0.1, 0.15) is 5.82 Å². The van der Waals surface area contributed by atoms with Crippen LogP contribution in [0.1, 0.15) is 29.6 Å². The summed E-state index contributed by atoms with van der Waals surface area (Å²) >= 11 is 0. The molecule has 0 aliphatic carbocycles. The Labute approximate surface area is 124 Å². The number of hydrogen-bond acceptors (Lipinski definition) is 3. The number of pyridine rings is 1. The van der Waals surface area contributed by atoms with Gasteiger partial charge in [0.25, 0.3) is 5.91 Å². The molecular formula is C17H19N3O. The lowest BCUT2D eigenvalue weighted by Crippen LogP contribution is -2.35. The van der Waals surface area contributed by atoms with Crippen molar-refractivity contribution in [3.8, 4) is 11.1 Å². The van der Waals surface area contributed by atoms with Crippen LogP contribution in [0.5, 0.6) is 0 Å². The van der Waals surface area contributed by atoms with E-state index in [0.717, 1.165) is 42.6 Å². The number of nitrogens with zero attached hydrogens (tertiary/aromatic N) is 2. The molecular weight excluding hydrogens is 262 g/mol. The molecule has 0 atom stereocenters. The van der Waals surface area contributed by atoms with E-state index in [1.807, 2.05) is 35.2 Å². The van der Waals surface area contributed by atoms with Crippen LogP contribution in [0.3, 0.4) is 0 Å². The summed E-state index contributed by atoms with van der Waals surface area (Å²) in [6, 6.07) is 11.4. The van der Waals surface area contributed by atoms with E-state index in [1.54, 1.807) is 12.3 Å². The zero-order chi connectivity index (χ0) is 14.7. The first-order valence-electron chi connectivity index (χ1n) is 7.35. The maximum atomic E-state index is 12.4. The predicted molar refractivity (Wildman–Crippen MR) is 83.8 cm³/mol. The van der Waals surface area contributed by atoms with Crippen LogP contribution in [0.25, 0.3) is 11.1 Å². The summed E-state index contributed by atoms with van der Waals surface area (Å²) in [5.74, 6) is 0.646. The molecule has 1 aromatic heterocycles. The van der Waals surface area contributed by atoms with Crippen molar-refractivity contribution in [3.05, 3.63) is 48.2 Å². The molecule has 1 aromatic carbocycles. The first-order valence-corrected chi connectivity index (χ1v) is 7.35. The Morgan fingerprint density at radius 3 is 2.24 bits per heavy atom. The molecule has 1 amide bonds. The zero-order valence-electron chi connectivity index (χ0n) is 12.0. The largest absolute Gasteiger partial charge is 0.384 e. The van der Waals surface area contributed by atoms with Crippen molar-refractivity contribution in [3.63, 3.8) is 0 Å². The van der Waals surface area contributed by atoms with Gasteiger partial charge in [-0.3, -0.25) is 4.79 Å². The number of rotatable bonds is 2. The molecule has 4 heteroatoms. The van der Waals surface area contributed by atoms with Crippen LogP contribution >= 0.6 is 0 Å². The van der Waals surface area contributed by atoms with E-state index in [4.69, 9.17) is 5.73 Å². The molecule has 2 heterocycles. The molecule has 1 aliphatic heterocycles. The van der Waals surface area contributed by atoms with Crippen molar-refractivity contribution in [2.75, 3.05) is 18.8 Å². The molecule has 2 aromatic rings. The number of piperidine rings is 1. The van der Waals surface area contributed by atoms with Crippen LogP contribution < -0.4 is 5.73 Å². The van der Waals surface area contributed by atoms with E-state index in [9.17, 15) is 4.79 Å². The molecule has 0 radical (unpaired) electrons. The quantitative estimate of drug-likeness (QED) is 0.920. The summed E-state index contributed by atoms with van der Waals surface area (Å²) in [5, 5.41) is 0. The minimum atomic E-state index is 0.136. The van der Waals surface area contributed by atoms with Gasteiger partial charge in [0.05, 0.1) is 0 Å². The average molecular weight is 281 g/mol. The van der Waals surface area contributed by atoms with E-state index in [2.05, 4.69) is 4.98 Å². The number of aromatic nitrogens is 1. The first-order chi connectivity index (χ1) is 10.2. The van der Waals surface area contributed by atoms with E-state index in [0.29, 0.717) is 5.82 Å². The summed E-state index contributed by atoms with van der Waals surface area (Å²) in [5.41, 5.74) is 8.38. The summed E-state index contributed by atoms with van der Waals surface area (Å²) in [7, 11) is 0. The third kappa shape index (κ3) is 3.05. The number of amides is 1. The van der Waals surface area contributed by atoms with E-state index < -0.39 is 0 Å². The van der Waals surface area contributed by atoms with Gasteiger partial charge < -0.3 is 10.6 Å². The lowest BCUT2D eigenvalue weighted by molar-refractivity contribution is 0.0724. The number of nitrogen functional groups attached to an aromatic ring is 1. The van der Waals surface area contributed by atoms with Crippen LogP contribution in [-0.4, -0.2) is 28.9 Å². The number of benzene rings is 1. The van der Waals surface area contributed by atoms with Crippen LogP contribution in [0, 0.1) is 0 Å². The SMILES string of the molecule is Nc1ccc(-c2ccc(C(=O)N3CCCCC3)cc2)cn1. The van der Waals surface area contributed by atoms with Crippen molar-refractivity contribution >= 4 is 11.7 Å². The monoisotopic (exact) mass is 281 g/mol. The average Bonchev–Trinajstić information content (AvgIpc) is 2.56. The van der Waals surface area contributed by atoms with Crippen molar-refractivity contribution in [1.29, 1.82) is 0 Å². The minimum absolute atomic E-state index is 0.136. The second kappa shape index (κ2) is 5.95. The maximum absolute atomic E-state index is 12.4. The van der Waals surface area contributed by atoms with Crippen molar-refractivity contribution in [2.45, 2.75) is 19.3 Å². The van der Waals surface area contributed by atoms with E-state index >= 15 is 0 Å². The van der Waals surface area contributed by atoms with Crippen LogP contribution in [-0.2, 0) is 0 Å². The van der Waals surface area contributed by atoms with Crippen molar-refractivity contribution < 1.29 is 4.79 Å². The summed E-state index contributed by atoms with van der Waals surface area (Å²) in [6.07, 6.45) is 5.20. The first kappa shape index (κ1) is 13.6. The molecule has 0 bridgehead atoms. The van der Waals surface area contributed by atoms with Gasteiger partial charge in [-0.25, -0.2) is 4.98 Å². The lowest BCUT2D eigenvalue weighted by Gasteiger charge is -2.26. The Bertz CT molecular complexity index is 613. The Hall–Kier alpha value is -2.36. The molecule has 0 unspecified atom stereocenters. The fourth-order valence-corrected chi connectivity index (χ4v) is 2.66. The zero-order valence-corrected chi connectivity index (χ0v) is 12.0. The predicted octanol–water partition coefficient (Wildman–Crippen LogP) is 2.96. The van der Waals surface area contributed by atoms with Gasteiger partial charge in [-0.1, -0.05) is 12.1 Å². The maximum Gasteiger partial charge on any atom is 0.253 e. The van der Waals surface area contributed by atoms with Crippen LogP contribution in [0.4, 0.5) is 5.82 Å². The normalized spacial score (nSPS) is 15.0. The second-order valence-electron chi connectivity index (χ2n) is 5.40. The Kier molecular flexibility index (Phi) is 3.86. The van der Waals surface area contributed by atoms with Gasteiger partial charge in [0.2, 0.25) is 0 Å². The van der Waals surface area contributed by atoms with Gasteiger partial charge >= 0.3 is 0 Å². The topological polar surface area (TPSA) is 59.2 Å². The number of anilines is 1. The highest BCUT2D eigenvalue weighted by molar-refractivity contribution is 5.94. The fourth-order valence-electron chi connectivity index (χ4n) is 2.66. The van der Waals surface area contributed by atoms with E-state index in [-0.39, 0.29) is 5.91 Å². The lowest BCUT2D eigenvalue weighted by atomic mass is 10.0. The Morgan fingerprint density at radius 2 is 1.62 bits per heavy atom. The number of hydrogen-bond donors (Lipinski definition) is 1. The molecule has 21 heavy (non-hydrogen) atoms. The second-order valence-corrected chi connectivity index (χ2v) is 5.40. The summed E-state index contributed by atoms with van der Waals surface area (Å²) < 4.78 is 0. The van der Waals surface area contributed by atoms with Gasteiger partial charge in [-0.15, -0.1) is 0 Å². The standard InChI is InChI=1S/C17H19N3O/c18-16-9-8-15(12-19-16)13-4-6-14(7-5-13)17(21)20-10-2-1-3-11-20/h4-9,12H,1-3,10-11H2,(H2,18,19). The summed E-state index contributed by atoms with van der Waals surface area (Å²) in [4.78, 5) is 18.4.